The quantitative estimate of drug-likeness (QED) is 0.577. The fourth-order valence-electron chi connectivity index (χ4n) is 2.25. The summed E-state index contributed by atoms with van der Waals surface area (Å²) in [6.07, 6.45) is 2.92. The van der Waals surface area contributed by atoms with Gasteiger partial charge in [-0.2, -0.15) is 0 Å². The third-order valence-electron chi connectivity index (χ3n) is 3.48. The van der Waals surface area contributed by atoms with E-state index in [0.29, 0.717) is 11.1 Å². The predicted molar refractivity (Wildman–Crippen MR) is 89.6 cm³/mol. The molecular formula is C18H12O8. The summed E-state index contributed by atoms with van der Waals surface area (Å²) < 4.78 is 0. The lowest BCUT2D eigenvalue weighted by Crippen LogP contribution is -2.08. The molecular weight excluding hydrogens is 344 g/mol. The highest BCUT2D eigenvalue weighted by atomic mass is 16.4. The lowest BCUT2D eigenvalue weighted by atomic mass is 10.0. The molecule has 8 heteroatoms. The van der Waals surface area contributed by atoms with Crippen LogP contribution in [0.15, 0.2) is 36.4 Å². The van der Waals surface area contributed by atoms with Crippen LogP contribution in [0.2, 0.25) is 0 Å². The molecule has 0 bridgehead atoms. The minimum atomic E-state index is -1.39. The zero-order valence-electron chi connectivity index (χ0n) is 13.0. The Morgan fingerprint density at radius 1 is 0.538 bits per heavy atom. The summed E-state index contributed by atoms with van der Waals surface area (Å²) >= 11 is 0. The molecule has 0 aromatic heterocycles. The van der Waals surface area contributed by atoms with Crippen molar-refractivity contribution in [2.45, 2.75) is 0 Å². The molecule has 0 aliphatic rings. The highest BCUT2D eigenvalue weighted by Gasteiger charge is 2.17. The summed E-state index contributed by atoms with van der Waals surface area (Å²) in [4.78, 5) is 44.4. The van der Waals surface area contributed by atoms with Crippen molar-refractivity contribution in [1.82, 2.24) is 0 Å². The van der Waals surface area contributed by atoms with Gasteiger partial charge in [-0.3, -0.25) is 0 Å². The number of carbonyl (C=O) groups is 4. The van der Waals surface area contributed by atoms with E-state index in [0.717, 1.165) is 12.1 Å². The van der Waals surface area contributed by atoms with Crippen LogP contribution in [0.3, 0.4) is 0 Å². The molecule has 0 aliphatic carbocycles. The van der Waals surface area contributed by atoms with Crippen LogP contribution in [0.1, 0.15) is 52.6 Å². The number of carboxylic acid groups (broad SMARTS) is 4. The summed E-state index contributed by atoms with van der Waals surface area (Å²) in [6, 6.07) is 7.45. The van der Waals surface area contributed by atoms with E-state index in [9.17, 15) is 19.2 Å². The Balaban J connectivity index is 2.41. The van der Waals surface area contributed by atoms with E-state index in [4.69, 9.17) is 20.4 Å². The average Bonchev–Trinajstić information content (AvgIpc) is 2.59. The number of aromatic carboxylic acids is 4. The average molecular weight is 356 g/mol. The van der Waals surface area contributed by atoms with Crippen LogP contribution in [0.4, 0.5) is 0 Å². The molecule has 0 unspecified atom stereocenters. The molecule has 132 valence electrons. The van der Waals surface area contributed by atoms with Gasteiger partial charge in [0.15, 0.2) is 0 Å². The maximum Gasteiger partial charge on any atom is 0.336 e. The first-order chi connectivity index (χ1) is 12.2. The highest BCUT2D eigenvalue weighted by molar-refractivity contribution is 6.03. The maximum absolute atomic E-state index is 11.2. The normalized spacial score (nSPS) is 10.6. The second-order valence-electron chi connectivity index (χ2n) is 5.16. The molecule has 0 saturated carbocycles. The number of rotatable bonds is 6. The van der Waals surface area contributed by atoms with E-state index >= 15 is 0 Å². The minimum Gasteiger partial charge on any atom is -0.478 e. The van der Waals surface area contributed by atoms with Crippen molar-refractivity contribution in [1.29, 1.82) is 0 Å². The molecule has 8 nitrogen and oxygen atoms in total. The van der Waals surface area contributed by atoms with Crippen LogP contribution < -0.4 is 0 Å². The Kier molecular flexibility index (Phi) is 5.17. The van der Waals surface area contributed by atoms with Crippen LogP contribution in [-0.4, -0.2) is 44.3 Å². The van der Waals surface area contributed by atoms with Crippen LogP contribution in [0, 0.1) is 0 Å². The highest BCUT2D eigenvalue weighted by Crippen LogP contribution is 2.18. The van der Waals surface area contributed by atoms with Gasteiger partial charge in [-0.05, 0) is 35.4 Å². The number of benzene rings is 2. The van der Waals surface area contributed by atoms with E-state index in [2.05, 4.69) is 0 Å². The number of hydrogen-bond acceptors (Lipinski definition) is 4. The Morgan fingerprint density at radius 2 is 0.846 bits per heavy atom. The topological polar surface area (TPSA) is 149 Å². The molecule has 0 atom stereocenters. The first kappa shape index (κ1) is 18.4. The van der Waals surface area contributed by atoms with Crippen molar-refractivity contribution in [3.8, 4) is 0 Å². The predicted octanol–water partition coefficient (Wildman–Crippen LogP) is 2.65. The van der Waals surface area contributed by atoms with Crippen molar-refractivity contribution in [3.05, 3.63) is 69.8 Å². The Labute approximate surface area is 146 Å². The first-order valence-corrected chi connectivity index (χ1v) is 7.10. The van der Waals surface area contributed by atoms with E-state index in [1.807, 2.05) is 0 Å². The van der Waals surface area contributed by atoms with Gasteiger partial charge in [0.25, 0.3) is 0 Å². The molecule has 2 rings (SSSR count). The second kappa shape index (κ2) is 7.31. The number of hydrogen-bond donors (Lipinski definition) is 4. The third-order valence-corrected chi connectivity index (χ3v) is 3.48. The molecule has 0 radical (unpaired) electrons. The second-order valence-corrected chi connectivity index (χ2v) is 5.16. The van der Waals surface area contributed by atoms with E-state index in [1.54, 1.807) is 0 Å². The lowest BCUT2D eigenvalue weighted by Gasteiger charge is -2.04. The number of carboxylic acids is 4. The van der Waals surface area contributed by atoms with E-state index in [1.165, 1.54) is 36.4 Å². The van der Waals surface area contributed by atoms with Gasteiger partial charge in [0, 0.05) is 0 Å². The molecule has 2 aromatic rings. The van der Waals surface area contributed by atoms with Crippen molar-refractivity contribution in [3.63, 3.8) is 0 Å². The zero-order valence-corrected chi connectivity index (χ0v) is 13.0. The van der Waals surface area contributed by atoms with Crippen LogP contribution in [0.25, 0.3) is 12.2 Å². The molecule has 4 N–H and O–H groups in total. The van der Waals surface area contributed by atoms with E-state index < -0.39 is 23.9 Å². The molecule has 0 heterocycles. The van der Waals surface area contributed by atoms with Gasteiger partial charge < -0.3 is 20.4 Å². The Morgan fingerprint density at radius 3 is 1.12 bits per heavy atom. The smallest absolute Gasteiger partial charge is 0.336 e. The summed E-state index contributed by atoms with van der Waals surface area (Å²) in [6.45, 7) is 0. The van der Waals surface area contributed by atoms with Gasteiger partial charge in [0.2, 0.25) is 0 Å². The molecule has 26 heavy (non-hydrogen) atoms. The molecule has 0 saturated heterocycles. The molecule has 0 spiro atoms. The van der Waals surface area contributed by atoms with E-state index in [-0.39, 0.29) is 22.3 Å². The van der Waals surface area contributed by atoms with Gasteiger partial charge >= 0.3 is 23.9 Å². The van der Waals surface area contributed by atoms with Crippen LogP contribution in [0.5, 0.6) is 0 Å². The summed E-state index contributed by atoms with van der Waals surface area (Å²) in [7, 11) is 0. The first-order valence-electron chi connectivity index (χ1n) is 7.10. The third kappa shape index (κ3) is 3.93. The van der Waals surface area contributed by atoms with Gasteiger partial charge in [-0.15, -0.1) is 0 Å². The standard InChI is InChI=1S/C18H12O8/c19-15(20)11-5-3-9(7-13(11)17(23)24)1-2-10-4-6-12(16(21)22)14(8-10)18(25)26/h1-8H,(H,19,20)(H,21,22)(H,23,24)(H,25,26). The molecule has 0 amide bonds. The zero-order chi connectivity index (χ0) is 19.4. The van der Waals surface area contributed by atoms with Crippen molar-refractivity contribution in [2.75, 3.05) is 0 Å². The fourth-order valence-corrected chi connectivity index (χ4v) is 2.25. The van der Waals surface area contributed by atoms with Crippen molar-refractivity contribution < 1.29 is 39.6 Å². The Hall–Kier alpha value is -3.94. The van der Waals surface area contributed by atoms with Gasteiger partial charge in [0.05, 0.1) is 22.3 Å². The largest absolute Gasteiger partial charge is 0.478 e. The summed E-state index contributed by atoms with van der Waals surface area (Å²) in [5.41, 5.74) is -0.709. The van der Waals surface area contributed by atoms with Gasteiger partial charge in [-0.25, -0.2) is 19.2 Å². The van der Waals surface area contributed by atoms with Crippen LogP contribution >= 0.6 is 0 Å². The van der Waals surface area contributed by atoms with Crippen LogP contribution in [-0.2, 0) is 0 Å². The molecule has 0 aliphatic heterocycles. The maximum atomic E-state index is 11.2. The van der Waals surface area contributed by atoms with Gasteiger partial charge in [0.1, 0.15) is 0 Å². The minimum absolute atomic E-state index is 0.353. The summed E-state index contributed by atoms with van der Waals surface area (Å²) in [5, 5.41) is 36.2. The monoisotopic (exact) mass is 356 g/mol. The molecule has 2 aromatic carbocycles. The molecule has 0 fully saturated rings. The van der Waals surface area contributed by atoms with Gasteiger partial charge in [-0.1, -0.05) is 24.3 Å². The lowest BCUT2D eigenvalue weighted by molar-refractivity contribution is 0.0651. The SMILES string of the molecule is O=C(O)c1ccc(C=Cc2ccc(C(=O)O)c(C(=O)O)c2)cc1C(=O)O. The fraction of sp³-hybridized carbons (Fsp3) is 0. The summed E-state index contributed by atoms with van der Waals surface area (Å²) in [5.74, 6) is -5.52. The Bertz CT molecular complexity index is 878. The van der Waals surface area contributed by atoms with Crippen molar-refractivity contribution >= 4 is 36.0 Å². The van der Waals surface area contributed by atoms with Crippen molar-refractivity contribution in [2.24, 2.45) is 0 Å².